The molecule has 0 saturated heterocycles. The Morgan fingerprint density at radius 1 is 1.64 bits per heavy atom. The van der Waals surface area contributed by atoms with Crippen molar-refractivity contribution in [1.82, 2.24) is 0 Å². The lowest BCUT2D eigenvalue weighted by atomic mass is 10.1. The molecule has 0 aromatic heterocycles. The molecule has 0 bridgehead atoms. The lowest BCUT2D eigenvalue weighted by Gasteiger charge is -1.93. The lowest BCUT2D eigenvalue weighted by Crippen LogP contribution is -1.85. The van der Waals surface area contributed by atoms with Crippen molar-refractivity contribution >= 4 is 5.97 Å². The molecule has 0 aromatic carbocycles. The summed E-state index contributed by atoms with van der Waals surface area (Å²) in [5.74, 6) is 3.92. The molecule has 0 spiro atoms. The summed E-state index contributed by atoms with van der Waals surface area (Å²) < 4.78 is 0. The molecule has 1 N–H and O–H groups in total. The van der Waals surface area contributed by atoms with Crippen molar-refractivity contribution in [2.75, 3.05) is 0 Å². The first-order chi connectivity index (χ1) is 5.13. The van der Waals surface area contributed by atoms with Gasteiger partial charge in [-0.2, -0.15) is 0 Å². The van der Waals surface area contributed by atoms with Crippen molar-refractivity contribution in [2.24, 2.45) is 5.92 Å². The summed E-state index contributed by atoms with van der Waals surface area (Å²) in [4.78, 5) is 9.89. The Balaban J connectivity index is 3.63. The minimum atomic E-state index is -1.08. The van der Waals surface area contributed by atoms with E-state index >= 15 is 0 Å². The average molecular weight is 152 g/mol. The van der Waals surface area contributed by atoms with E-state index in [1.54, 1.807) is 6.08 Å². The highest BCUT2D eigenvalue weighted by Crippen LogP contribution is 1.98. The zero-order valence-corrected chi connectivity index (χ0v) is 6.79. The molecule has 0 aliphatic heterocycles. The van der Waals surface area contributed by atoms with E-state index in [1.807, 2.05) is 12.0 Å². The molecule has 0 aliphatic carbocycles. The van der Waals surface area contributed by atoms with E-state index in [-0.39, 0.29) is 0 Å². The maximum absolute atomic E-state index is 9.89. The van der Waals surface area contributed by atoms with Crippen molar-refractivity contribution in [3.63, 3.8) is 0 Å². The minimum absolute atomic E-state index is 0.595. The highest BCUT2D eigenvalue weighted by Gasteiger charge is 1.85. The van der Waals surface area contributed by atoms with E-state index in [2.05, 4.69) is 19.8 Å². The van der Waals surface area contributed by atoms with Crippen LogP contribution in [0, 0.1) is 17.8 Å². The molecule has 0 saturated carbocycles. The largest absolute Gasteiger partial charge is 0.472 e. The van der Waals surface area contributed by atoms with Gasteiger partial charge in [0, 0.05) is 5.92 Å². The number of hydrogen-bond donors (Lipinski definition) is 1. The Morgan fingerprint density at radius 3 is 2.73 bits per heavy atom. The summed E-state index contributed by atoms with van der Waals surface area (Å²) >= 11 is 0. The number of aliphatic carboxylic acids is 1. The highest BCUT2D eigenvalue weighted by molar-refractivity contribution is 5.86. The van der Waals surface area contributed by atoms with E-state index in [0.29, 0.717) is 5.92 Å². The van der Waals surface area contributed by atoms with Crippen molar-refractivity contribution in [3.05, 3.63) is 12.2 Å². The Kier molecular flexibility index (Phi) is 4.93. The summed E-state index contributed by atoms with van der Waals surface area (Å²) in [6.07, 6.45) is 4.39. The fraction of sp³-hybridized carbons (Fsp3) is 0.444. The van der Waals surface area contributed by atoms with Crippen molar-refractivity contribution in [2.45, 2.75) is 20.3 Å². The van der Waals surface area contributed by atoms with Crippen LogP contribution in [0.25, 0.3) is 0 Å². The molecular weight excluding hydrogens is 140 g/mol. The smallest absolute Gasteiger partial charge is 0.382 e. The molecule has 0 unspecified atom stereocenters. The molecule has 0 aromatic rings. The molecular formula is C9H12O2. The van der Waals surface area contributed by atoms with Gasteiger partial charge in [-0.3, -0.25) is 0 Å². The normalized spacial score (nSPS) is 9.73. The summed E-state index contributed by atoms with van der Waals surface area (Å²) in [7, 11) is 0. The predicted molar refractivity (Wildman–Crippen MR) is 44.0 cm³/mol. The average Bonchev–Trinajstić information content (AvgIpc) is 1.85. The van der Waals surface area contributed by atoms with Crippen LogP contribution in [0.2, 0.25) is 0 Å². The SMILES string of the molecule is CC(C)C/C=C/C#CC(=O)O. The molecule has 0 rings (SSSR count). The molecule has 2 nitrogen and oxygen atoms in total. The van der Waals surface area contributed by atoms with Crippen LogP contribution in [0.15, 0.2) is 12.2 Å². The Morgan fingerprint density at radius 2 is 2.27 bits per heavy atom. The van der Waals surface area contributed by atoms with Gasteiger partial charge in [-0.1, -0.05) is 25.8 Å². The quantitative estimate of drug-likeness (QED) is 0.611. The van der Waals surface area contributed by atoms with Gasteiger partial charge in [-0.25, -0.2) is 4.79 Å². The maximum Gasteiger partial charge on any atom is 0.382 e. The predicted octanol–water partition coefficient (Wildman–Crippen LogP) is 1.68. The molecule has 0 radical (unpaired) electrons. The van der Waals surface area contributed by atoms with Gasteiger partial charge in [-0.05, 0) is 18.4 Å². The van der Waals surface area contributed by atoms with Crippen LogP contribution in [0.4, 0.5) is 0 Å². The third kappa shape index (κ3) is 8.77. The monoisotopic (exact) mass is 152 g/mol. The van der Waals surface area contributed by atoms with Crippen LogP contribution in [-0.4, -0.2) is 11.1 Å². The van der Waals surface area contributed by atoms with Crippen molar-refractivity contribution in [1.29, 1.82) is 0 Å². The van der Waals surface area contributed by atoms with Crippen LogP contribution in [0.1, 0.15) is 20.3 Å². The number of carboxylic acid groups (broad SMARTS) is 1. The van der Waals surface area contributed by atoms with Gasteiger partial charge in [0.25, 0.3) is 0 Å². The van der Waals surface area contributed by atoms with Gasteiger partial charge >= 0.3 is 5.97 Å². The number of rotatable bonds is 2. The van der Waals surface area contributed by atoms with E-state index in [9.17, 15) is 4.79 Å². The first kappa shape index (κ1) is 9.77. The second-order valence-electron chi connectivity index (χ2n) is 2.61. The molecule has 0 fully saturated rings. The summed E-state index contributed by atoms with van der Waals surface area (Å²) in [5.41, 5.74) is 0. The van der Waals surface area contributed by atoms with E-state index in [1.165, 1.54) is 0 Å². The second kappa shape index (κ2) is 5.55. The Bertz CT molecular complexity index is 203. The number of carbonyl (C=O) groups is 1. The third-order valence-electron chi connectivity index (χ3n) is 0.988. The van der Waals surface area contributed by atoms with E-state index in [4.69, 9.17) is 5.11 Å². The van der Waals surface area contributed by atoms with E-state index in [0.717, 1.165) is 6.42 Å². The fourth-order valence-electron chi connectivity index (χ4n) is 0.503. The van der Waals surface area contributed by atoms with Crippen molar-refractivity contribution in [3.8, 4) is 11.8 Å². The number of carboxylic acids is 1. The van der Waals surface area contributed by atoms with Crippen LogP contribution >= 0.6 is 0 Å². The topological polar surface area (TPSA) is 37.3 Å². The molecule has 0 aliphatic rings. The van der Waals surface area contributed by atoms with Crippen LogP contribution < -0.4 is 0 Å². The van der Waals surface area contributed by atoms with Crippen molar-refractivity contribution < 1.29 is 9.90 Å². The Labute approximate surface area is 66.9 Å². The zero-order chi connectivity index (χ0) is 8.69. The van der Waals surface area contributed by atoms with Gasteiger partial charge in [-0.15, -0.1) is 0 Å². The molecule has 0 amide bonds. The zero-order valence-electron chi connectivity index (χ0n) is 6.79. The van der Waals surface area contributed by atoms with Crippen LogP contribution in [0.5, 0.6) is 0 Å². The van der Waals surface area contributed by atoms with E-state index < -0.39 is 5.97 Å². The second-order valence-corrected chi connectivity index (χ2v) is 2.61. The first-order valence-corrected chi connectivity index (χ1v) is 3.52. The lowest BCUT2D eigenvalue weighted by molar-refractivity contribution is -0.130. The highest BCUT2D eigenvalue weighted by atomic mass is 16.4. The number of hydrogen-bond acceptors (Lipinski definition) is 1. The standard InChI is InChI=1S/C9H12O2/c1-8(2)6-4-3-5-7-9(10)11/h3-4,8H,6H2,1-2H3,(H,10,11)/b4-3+. The fourth-order valence-corrected chi connectivity index (χ4v) is 0.503. The Hall–Kier alpha value is -1.23. The maximum atomic E-state index is 9.89. The van der Waals surface area contributed by atoms with Gasteiger partial charge in [0.15, 0.2) is 0 Å². The third-order valence-corrected chi connectivity index (χ3v) is 0.988. The summed E-state index contributed by atoms with van der Waals surface area (Å²) in [6.45, 7) is 4.18. The molecule has 0 heterocycles. The first-order valence-electron chi connectivity index (χ1n) is 3.52. The molecule has 11 heavy (non-hydrogen) atoms. The summed E-state index contributed by atoms with van der Waals surface area (Å²) in [6, 6.07) is 0. The molecule has 2 heteroatoms. The van der Waals surface area contributed by atoms with Crippen LogP contribution in [0.3, 0.4) is 0 Å². The molecule has 0 atom stereocenters. The van der Waals surface area contributed by atoms with Gasteiger partial charge in [0.05, 0.1) is 0 Å². The number of allylic oxidation sites excluding steroid dienone is 2. The minimum Gasteiger partial charge on any atom is -0.472 e. The van der Waals surface area contributed by atoms with Gasteiger partial charge in [0.1, 0.15) is 0 Å². The van der Waals surface area contributed by atoms with Crippen LogP contribution in [-0.2, 0) is 4.79 Å². The summed E-state index contributed by atoms with van der Waals surface area (Å²) in [5, 5.41) is 8.11. The van der Waals surface area contributed by atoms with Gasteiger partial charge in [0.2, 0.25) is 0 Å². The van der Waals surface area contributed by atoms with Gasteiger partial charge < -0.3 is 5.11 Å². The molecule has 60 valence electrons.